The monoisotopic (exact) mass is 233 g/mol. The largest absolute Gasteiger partial charge is 0.374 e. The molecule has 1 atom stereocenters. The number of ether oxygens (including phenoxy) is 1. The summed E-state index contributed by atoms with van der Waals surface area (Å²) in [4.78, 5) is 0. The summed E-state index contributed by atoms with van der Waals surface area (Å²) in [6, 6.07) is 10.7. The number of rotatable bonds is 6. The second kappa shape index (κ2) is 6.18. The van der Waals surface area contributed by atoms with Gasteiger partial charge in [-0.2, -0.15) is 0 Å². The average Bonchev–Trinajstić information content (AvgIpc) is 2.77. The number of nitrogens with one attached hydrogen (secondary N) is 1. The van der Waals surface area contributed by atoms with Gasteiger partial charge in [-0.05, 0) is 44.7 Å². The van der Waals surface area contributed by atoms with Crippen molar-refractivity contribution in [3.05, 3.63) is 35.9 Å². The van der Waals surface area contributed by atoms with Crippen LogP contribution in [0.2, 0.25) is 0 Å². The van der Waals surface area contributed by atoms with Gasteiger partial charge in [0.25, 0.3) is 0 Å². The van der Waals surface area contributed by atoms with Crippen molar-refractivity contribution in [3.63, 3.8) is 0 Å². The predicted molar refractivity (Wildman–Crippen MR) is 71.2 cm³/mol. The van der Waals surface area contributed by atoms with Gasteiger partial charge in [0.2, 0.25) is 0 Å². The fourth-order valence-corrected chi connectivity index (χ4v) is 2.39. The van der Waals surface area contributed by atoms with Crippen molar-refractivity contribution in [2.75, 3.05) is 19.7 Å². The van der Waals surface area contributed by atoms with Gasteiger partial charge in [0, 0.05) is 13.2 Å². The molecule has 1 heterocycles. The SMILES string of the molecule is CC1(CNCCCc2ccccc2)CCCO1. The van der Waals surface area contributed by atoms with E-state index in [9.17, 15) is 0 Å². The number of benzene rings is 1. The summed E-state index contributed by atoms with van der Waals surface area (Å²) in [5, 5.41) is 3.51. The quantitative estimate of drug-likeness (QED) is 0.763. The molecule has 0 amide bonds. The van der Waals surface area contributed by atoms with Crippen LogP contribution in [0.3, 0.4) is 0 Å². The Morgan fingerprint density at radius 3 is 2.82 bits per heavy atom. The van der Waals surface area contributed by atoms with Crippen molar-refractivity contribution in [3.8, 4) is 0 Å². The predicted octanol–water partition coefficient (Wildman–Crippen LogP) is 2.78. The highest BCUT2D eigenvalue weighted by molar-refractivity contribution is 5.14. The van der Waals surface area contributed by atoms with Gasteiger partial charge >= 0.3 is 0 Å². The van der Waals surface area contributed by atoms with Crippen LogP contribution in [0.5, 0.6) is 0 Å². The molecular formula is C15H23NO. The normalized spacial score (nSPS) is 24.1. The fraction of sp³-hybridized carbons (Fsp3) is 0.600. The molecule has 0 saturated carbocycles. The van der Waals surface area contributed by atoms with E-state index in [1.54, 1.807) is 0 Å². The first-order valence-electron chi connectivity index (χ1n) is 6.67. The van der Waals surface area contributed by atoms with Gasteiger partial charge < -0.3 is 10.1 Å². The third-order valence-corrected chi connectivity index (χ3v) is 3.46. The lowest BCUT2D eigenvalue weighted by Crippen LogP contribution is -2.37. The summed E-state index contributed by atoms with van der Waals surface area (Å²) >= 11 is 0. The molecule has 0 aromatic heterocycles. The van der Waals surface area contributed by atoms with E-state index >= 15 is 0 Å². The van der Waals surface area contributed by atoms with Crippen LogP contribution in [0.15, 0.2) is 30.3 Å². The lowest BCUT2D eigenvalue weighted by Gasteiger charge is -2.23. The van der Waals surface area contributed by atoms with E-state index < -0.39 is 0 Å². The maximum Gasteiger partial charge on any atom is 0.0779 e. The molecule has 0 radical (unpaired) electrons. The van der Waals surface area contributed by atoms with Crippen LogP contribution in [0.4, 0.5) is 0 Å². The molecule has 1 N–H and O–H groups in total. The first kappa shape index (κ1) is 12.6. The zero-order valence-corrected chi connectivity index (χ0v) is 10.7. The van der Waals surface area contributed by atoms with Crippen molar-refractivity contribution >= 4 is 0 Å². The summed E-state index contributed by atoms with van der Waals surface area (Å²) in [6.45, 7) is 5.21. The van der Waals surface area contributed by atoms with Gasteiger partial charge in [-0.15, -0.1) is 0 Å². The van der Waals surface area contributed by atoms with Gasteiger partial charge in [0.15, 0.2) is 0 Å². The third kappa shape index (κ3) is 4.14. The molecule has 2 heteroatoms. The summed E-state index contributed by atoms with van der Waals surface area (Å²) in [5.41, 5.74) is 1.52. The lowest BCUT2D eigenvalue weighted by molar-refractivity contribution is 0.0210. The minimum absolute atomic E-state index is 0.0900. The molecule has 1 aliphatic heterocycles. The molecule has 0 aliphatic carbocycles. The highest BCUT2D eigenvalue weighted by atomic mass is 16.5. The second-order valence-electron chi connectivity index (χ2n) is 5.17. The first-order chi connectivity index (χ1) is 8.29. The fourth-order valence-electron chi connectivity index (χ4n) is 2.39. The Hall–Kier alpha value is -0.860. The zero-order valence-electron chi connectivity index (χ0n) is 10.7. The number of hydrogen-bond donors (Lipinski definition) is 1. The minimum atomic E-state index is 0.0900. The second-order valence-corrected chi connectivity index (χ2v) is 5.17. The third-order valence-electron chi connectivity index (χ3n) is 3.46. The van der Waals surface area contributed by atoms with E-state index in [2.05, 4.69) is 42.6 Å². The molecule has 1 fully saturated rings. The van der Waals surface area contributed by atoms with Gasteiger partial charge in [0.05, 0.1) is 5.60 Å². The zero-order chi connectivity index (χ0) is 12.0. The van der Waals surface area contributed by atoms with E-state index in [0.717, 1.165) is 26.1 Å². The lowest BCUT2D eigenvalue weighted by atomic mass is 10.0. The van der Waals surface area contributed by atoms with E-state index in [-0.39, 0.29) is 5.60 Å². The molecule has 17 heavy (non-hydrogen) atoms. The van der Waals surface area contributed by atoms with E-state index in [1.165, 1.54) is 24.8 Å². The topological polar surface area (TPSA) is 21.3 Å². The molecule has 0 bridgehead atoms. The van der Waals surface area contributed by atoms with Crippen molar-refractivity contribution in [1.82, 2.24) is 5.32 Å². The molecule has 1 aromatic carbocycles. The van der Waals surface area contributed by atoms with Crippen molar-refractivity contribution in [1.29, 1.82) is 0 Å². The van der Waals surface area contributed by atoms with Gasteiger partial charge in [-0.1, -0.05) is 30.3 Å². The van der Waals surface area contributed by atoms with Crippen LogP contribution in [-0.4, -0.2) is 25.3 Å². The van der Waals surface area contributed by atoms with E-state index in [0.29, 0.717) is 0 Å². The molecular weight excluding hydrogens is 210 g/mol. The van der Waals surface area contributed by atoms with Crippen LogP contribution in [0, 0.1) is 0 Å². The molecule has 2 nitrogen and oxygen atoms in total. The van der Waals surface area contributed by atoms with Crippen molar-refractivity contribution < 1.29 is 4.74 Å². The Balaban J connectivity index is 1.58. The van der Waals surface area contributed by atoms with Gasteiger partial charge in [0.1, 0.15) is 0 Å². The van der Waals surface area contributed by atoms with Crippen molar-refractivity contribution in [2.45, 2.75) is 38.2 Å². The Labute approximate surface area is 104 Å². The van der Waals surface area contributed by atoms with Crippen LogP contribution in [0.1, 0.15) is 31.7 Å². The Morgan fingerprint density at radius 2 is 2.12 bits per heavy atom. The smallest absolute Gasteiger partial charge is 0.0779 e. The molecule has 94 valence electrons. The summed E-state index contributed by atoms with van der Waals surface area (Å²) in [5.74, 6) is 0. The van der Waals surface area contributed by atoms with Gasteiger partial charge in [-0.3, -0.25) is 0 Å². The average molecular weight is 233 g/mol. The Kier molecular flexibility index (Phi) is 4.57. The molecule has 1 unspecified atom stereocenters. The maximum atomic E-state index is 5.74. The Bertz CT molecular complexity index is 317. The molecule has 2 rings (SSSR count). The molecule has 1 aliphatic rings. The number of hydrogen-bond acceptors (Lipinski definition) is 2. The van der Waals surface area contributed by atoms with Crippen LogP contribution in [-0.2, 0) is 11.2 Å². The summed E-state index contributed by atoms with van der Waals surface area (Å²) < 4.78 is 5.74. The van der Waals surface area contributed by atoms with Gasteiger partial charge in [-0.25, -0.2) is 0 Å². The Morgan fingerprint density at radius 1 is 1.29 bits per heavy atom. The molecule has 1 saturated heterocycles. The standard InChI is InChI=1S/C15H23NO/c1-15(10-6-12-17-15)13-16-11-5-9-14-7-3-2-4-8-14/h2-4,7-8,16H,5-6,9-13H2,1H3. The van der Waals surface area contributed by atoms with E-state index in [1.807, 2.05) is 0 Å². The van der Waals surface area contributed by atoms with Crippen LogP contribution in [0.25, 0.3) is 0 Å². The summed E-state index contributed by atoms with van der Waals surface area (Å²) in [7, 11) is 0. The summed E-state index contributed by atoms with van der Waals surface area (Å²) in [6.07, 6.45) is 4.76. The highest BCUT2D eigenvalue weighted by Gasteiger charge is 2.28. The van der Waals surface area contributed by atoms with E-state index in [4.69, 9.17) is 4.74 Å². The number of aryl methyl sites for hydroxylation is 1. The minimum Gasteiger partial charge on any atom is -0.374 e. The highest BCUT2D eigenvalue weighted by Crippen LogP contribution is 2.23. The molecule has 1 aromatic rings. The van der Waals surface area contributed by atoms with Crippen molar-refractivity contribution in [2.24, 2.45) is 0 Å². The van der Waals surface area contributed by atoms with Crippen LogP contribution < -0.4 is 5.32 Å². The van der Waals surface area contributed by atoms with Crippen LogP contribution >= 0.6 is 0 Å². The maximum absolute atomic E-state index is 5.74. The molecule has 0 spiro atoms. The first-order valence-corrected chi connectivity index (χ1v) is 6.67.